The minimum absolute atomic E-state index is 0.763. The maximum atomic E-state index is 3.45. The molecule has 0 aromatic carbocycles. The van der Waals surface area contributed by atoms with Crippen molar-refractivity contribution in [2.75, 3.05) is 46.8 Å². The first-order chi connectivity index (χ1) is 7.16. The van der Waals surface area contributed by atoms with Crippen LogP contribution in [0, 0.1) is 11.8 Å². The molecular weight excluding hydrogens is 186 g/mol. The van der Waals surface area contributed by atoms with Gasteiger partial charge in [0.2, 0.25) is 0 Å². The Labute approximate surface area is 93.8 Å². The Morgan fingerprint density at radius 3 is 2.67 bits per heavy atom. The van der Waals surface area contributed by atoms with E-state index in [-0.39, 0.29) is 0 Å². The van der Waals surface area contributed by atoms with Crippen LogP contribution in [0.3, 0.4) is 0 Å². The first-order valence-corrected chi connectivity index (χ1v) is 6.26. The van der Waals surface area contributed by atoms with Crippen molar-refractivity contribution in [2.24, 2.45) is 11.8 Å². The number of hydrogen-bond donors (Lipinski definition) is 1. The van der Waals surface area contributed by atoms with E-state index >= 15 is 0 Å². The van der Waals surface area contributed by atoms with Crippen molar-refractivity contribution in [3.63, 3.8) is 0 Å². The van der Waals surface area contributed by atoms with Gasteiger partial charge in [-0.15, -0.1) is 0 Å². The predicted molar refractivity (Wildman–Crippen MR) is 64.1 cm³/mol. The van der Waals surface area contributed by atoms with Crippen molar-refractivity contribution < 1.29 is 0 Å². The summed E-state index contributed by atoms with van der Waals surface area (Å²) in [6, 6.07) is 0.763. The summed E-state index contributed by atoms with van der Waals surface area (Å²) in [6.07, 6.45) is 1.37. The second-order valence-electron chi connectivity index (χ2n) is 5.59. The normalized spacial score (nSPS) is 38.0. The summed E-state index contributed by atoms with van der Waals surface area (Å²) in [6.45, 7) is 8.71. The van der Waals surface area contributed by atoms with Crippen LogP contribution in [0.5, 0.6) is 0 Å². The van der Waals surface area contributed by atoms with E-state index in [0.29, 0.717) is 0 Å². The van der Waals surface area contributed by atoms with Gasteiger partial charge in [0.25, 0.3) is 0 Å². The van der Waals surface area contributed by atoms with Crippen molar-refractivity contribution in [1.29, 1.82) is 0 Å². The van der Waals surface area contributed by atoms with E-state index in [1.54, 1.807) is 0 Å². The molecule has 2 fully saturated rings. The third-order valence-corrected chi connectivity index (χ3v) is 3.99. The van der Waals surface area contributed by atoms with Gasteiger partial charge in [-0.25, -0.2) is 0 Å². The summed E-state index contributed by atoms with van der Waals surface area (Å²) in [5.74, 6) is 1.73. The highest BCUT2D eigenvalue weighted by atomic mass is 15.2. The Balaban J connectivity index is 1.80. The highest BCUT2D eigenvalue weighted by Crippen LogP contribution is 2.22. The molecule has 3 heteroatoms. The topological polar surface area (TPSA) is 18.5 Å². The highest BCUT2D eigenvalue weighted by Gasteiger charge is 2.32. The molecule has 0 aromatic heterocycles. The summed E-state index contributed by atoms with van der Waals surface area (Å²) >= 11 is 0. The number of likely N-dealkylation sites (N-methyl/N-ethyl adjacent to an activating group) is 1. The number of hydrogen-bond acceptors (Lipinski definition) is 3. The summed E-state index contributed by atoms with van der Waals surface area (Å²) in [5, 5.41) is 3.45. The maximum absolute atomic E-state index is 3.45. The summed E-state index contributed by atoms with van der Waals surface area (Å²) in [5.41, 5.74) is 0. The molecule has 2 aliphatic heterocycles. The van der Waals surface area contributed by atoms with Gasteiger partial charge in [0.05, 0.1) is 0 Å². The lowest BCUT2D eigenvalue weighted by atomic mass is 10.1. The molecule has 0 saturated carbocycles. The van der Waals surface area contributed by atoms with Crippen molar-refractivity contribution in [3.8, 4) is 0 Å². The summed E-state index contributed by atoms with van der Waals surface area (Å²) in [4.78, 5) is 5.05. The monoisotopic (exact) mass is 211 g/mol. The van der Waals surface area contributed by atoms with Gasteiger partial charge in [-0.05, 0) is 45.4 Å². The standard InChI is InChI=1S/C12H25N3/c1-10-7-15(9-12(10)14(2)3)8-11-4-5-13-6-11/h10-13H,4-9H2,1-3H3. The molecule has 0 bridgehead atoms. The van der Waals surface area contributed by atoms with E-state index in [4.69, 9.17) is 0 Å². The van der Waals surface area contributed by atoms with E-state index in [0.717, 1.165) is 17.9 Å². The summed E-state index contributed by atoms with van der Waals surface area (Å²) in [7, 11) is 4.42. The zero-order valence-corrected chi connectivity index (χ0v) is 10.4. The predicted octanol–water partition coefficient (Wildman–Crippen LogP) is 0.478. The number of nitrogens with zero attached hydrogens (tertiary/aromatic N) is 2. The number of likely N-dealkylation sites (tertiary alicyclic amines) is 1. The second-order valence-corrected chi connectivity index (χ2v) is 5.59. The fourth-order valence-corrected chi connectivity index (χ4v) is 3.10. The van der Waals surface area contributed by atoms with E-state index in [2.05, 4.69) is 36.1 Å². The van der Waals surface area contributed by atoms with Gasteiger partial charge in [0.15, 0.2) is 0 Å². The van der Waals surface area contributed by atoms with Gasteiger partial charge >= 0.3 is 0 Å². The lowest BCUT2D eigenvalue weighted by molar-refractivity contribution is 0.241. The van der Waals surface area contributed by atoms with Crippen molar-refractivity contribution in [3.05, 3.63) is 0 Å². The molecule has 88 valence electrons. The molecular formula is C12H25N3. The lowest BCUT2D eigenvalue weighted by Crippen LogP contribution is -2.35. The Morgan fingerprint density at radius 1 is 1.33 bits per heavy atom. The van der Waals surface area contributed by atoms with Gasteiger partial charge in [-0.1, -0.05) is 6.92 Å². The molecule has 3 unspecified atom stereocenters. The van der Waals surface area contributed by atoms with Crippen LogP contribution < -0.4 is 5.32 Å². The van der Waals surface area contributed by atoms with Crippen molar-refractivity contribution in [1.82, 2.24) is 15.1 Å². The summed E-state index contributed by atoms with van der Waals surface area (Å²) < 4.78 is 0. The first-order valence-electron chi connectivity index (χ1n) is 6.26. The molecule has 3 atom stereocenters. The number of nitrogens with one attached hydrogen (secondary N) is 1. The fourth-order valence-electron chi connectivity index (χ4n) is 3.10. The van der Waals surface area contributed by atoms with E-state index in [1.165, 1.54) is 39.1 Å². The van der Waals surface area contributed by atoms with E-state index in [1.807, 2.05) is 0 Å². The second kappa shape index (κ2) is 4.81. The molecule has 2 rings (SSSR count). The largest absolute Gasteiger partial charge is 0.316 e. The molecule has 0 aromatic rings. The smallest absolute Gasteiger partial charge is 0.0254 e. The molecule has 3 nitrogen and oxygen atoms in total. The molecule has 15 heavy (non-hydrogen) atoms. The molecule has 2 heterocycles. The maximum Gasteiger partial charge on any atom is 0.0254 e. The molecule has 1 N–H and O–H groups in total. The Morgan fingerprint density at radius 2 is 2.13 bits per heavy atom. The molecule has 0 aliphatic carbocycles. The third kappa shape index (κ3) is 2.71. The zero-order chi connectivity index (χ0) is 10.8. The molecule has 2 saturated heterocycles. The quantitative estimate of drug-likeness (QED) is 0.732. The van der Waals surface area contributed by atoms with Gasteiger partial charge in [0.1, 0.15) is 0 Å². The fraction of sp³-hybridized carbons (Fsp3) is 1.00. The highest BCUT2D eigenvalue weighted by molar-refractivity contribution is 4.88. The van der Waals surface area contributed by atoms with Crippen LogP contribution in [0.15, 0.2) is 0 Å². The zero-order valence-electron chi connectivity index (χ0n) is 10.4. The van der Waals surface area contributed by atoms with E-state index < -0.39 is 0 Å². The van der Waals surface area contributed by atoms with E-state index in [9.17, 15) is 0 Å². The Hall–Kier alpha value is -0.120. The molecule has 0 spiro atoms. The Bertz CT molecular complexity index is 197. The minimum atomic E-state index is 0.763. The lowest BCUT2D eigenvalue weighted by Gasteiger charge is -2.23. The molecule has 0 radical (unpaired) electrons. The third-order valence-electron chi connectivity index (χ3n) is 3.99. The average molecular weight is 211 g/mol. The van der Waals surface area contributed by atoms with Crippen LogP contribution in [-0.4, -0.2) is 62.7 Å². The van der Waals surface area contributed by atoms with Crippen LogP contribution in [0.4, 0.5) is 0 Å². The average Bonchev–Trinajstić information content (AvgIpc) is 2.75. The molecule has 0 amide bonds. The van der Waals surface area contributed by atoms with Crippen molar-refractivity contribution in [2.45, 2.75) is 19.4 Å². The van der Waals surface area contributed by atoms with Gasteiger partial charge in [0, 0.05) is 25.7 Å². The SMILES string of the molecule is CC1CN(CC2CCNC2)CC1N(C)C. The number of rotatable bonds is 3. The van der Waals surface area contributed by atoms with Crippen molar-refractivity contribution >= 4 is 0 Å². The van der Waals surface area contributed by atoms with Crippen LogP contribution in [-0.2, 0) is 0 Å². The van der Waals surface area contributed by atoms with Crippen LogP contribution in [0.25, 0.3) is 0 Å². The Kier molecular flexibility index (Phi) is 3.65. The van der Waals surface area contributed by atoms with Gasteiger partial charge < -0.3 is 15.1 Å². The van der Waals surface area contributed by atoms with Gasteiger partial charge in [-0.3, -0.25) is 0 Å². The van der Waals surface area contributed by atoms with Crippen LogP contribution >= 0.6 is 0 Å². The van der Waals surface area contributed by atoms with Gasteiger partial charge in [-0.2, -0.15) is 0 Å². The molecule has 2 aliphatic rings. The van der Waals surface area contributed by atoms with Crippen LogP contribution in [0.2, 0.25) is 0 Å². The minimum Gasteiger partial charge on any atom is -0.316 e. The first kappa shape index (κ1) is 11.4. The van der Waals surface area contributed by atoms with Crippen LogP contribution in [0.1, 0.15) is 13.3 Å².